The molecule has 4 nitrogen and oxygen atoms in total. The Labute approximate surface area is 159 Å². The minimum absolute atomic E-state index is 0.135. The maximum atomic E-state index is 12.4. The number of carbonyl (C=O) groups is 1. The van der Waals surface area contributed by atoms with Gasteiger partial charge < -0.3 is 14.8 Å². The Morgan fingerprint density at radius 2 is 1.89 bits per heavy atom. The van der Waals surface area contributed by atoms with Crippen molar-refractivity contribution in [2.45, 2.75) is 6.42 Å². The van der Waals surface area contributed by atoms with E-state index in [0.717, 1.165) is 27.8 Å². The Balaban J connectivity index is 1.58. The van der Waals surface area contributed by atoms with Gasteiger partial charge in [0.25, 0.3) is 5.91 Å². The number of carbonyl (C=O) groups excluding carboxylic acids is 1. The quantitative estimate of drug-likeness (QED) is 0.478. The molecule has 0 aliphatic heterocycles. The van der Waals surface area contributed by atoms with Gasteiger partial charge in [-0.15, -0.1) is 6.58 Å². The largest absolute Gasteiger partial charge is 0.496 e. The molecule has 0 bridgehead atoms. The molecule has 0 aliphatic rings. The van der Waals surface area contributed by atoms with Gasteiger partial charge in [0.1, 0.15) is 18.1 Å². The van der Waals surface area contributed by atoms with Crippen LogP contribution < -0.4 is 14.8 Å². The monoisotopic (exact) mass is 361 g/mol. The first-order valence-corrected chi connectivity index (χ1v) is 8.89. The molecule has 3 aromatic carbocycles. The summed E-state index contributed by atoms with van der Waals surface area (Å²) < 4.78 is 11.2. The number of ether oxygens (including phenoxy) is 2. The minimum atomic E-state index is -0.135. The summed E-state index contributed by atoms with van der Waals surface area (Å²) in [7, 11) is 1.62. The zero-order valence-electron chi connectivity index (χ0n) is 15.4. The molecule has 27 heavy (non-hydrogen) atoms. The van der Waals surface area contributed by atoms with Gasteiger partial charge in [-0.1, -0.05) is 42.5 Å². The topological polar surface area (TPSA) is 47.6 Å². The zero-order valence-corrected chi connectivity index (χ0v) is 15.4. The summed E-state index contributed by atoms with van der Waals surface area (Å²) in [5.41, 5.74) is 1.53. The molecule has 0 radical (unpaired) electrons. The highest BCUT2D eigenvalue weighted by Gasteiger charge is 2.09. The summed E-state index contributed by atoms with van der Waals surface area (Å²) in [4.78, 5) is 12.4. The molecule has 1 amide bonds. The van der Waals surface area contributed by atoms with Gasteiger partial charge in [-0.25, -0.2) is 0 Å². The van der Waals surface area contributed by atoms with Crippen LogP contribution in [-0.4, -0.2) is 26.2 Å². The number of methoxy groups -OCH3 is 1. The van der Waals surface area contributed by atoms with Crippen LogP contribution in [0.15, 0.2) is 73.3 Å². The van der Waals surface area contributed by atoms with Crippen molar-refractivity contribution in [3.8, 4) is 11.5 Å². The van der Waals surface area contributed by atoms with E-state index in [0.29, 0.717) is 25.1 Å². The van der Waals surface area contributed by atoms with Crippen molar-refractivity contribution in [1.29, 1.82) is 0 Å². The lowest BCUT2D eigenvalue weighted by molar-refractivity contribution is 0.0947. The Hall–Kier alpha value is -3.27. The van der Waals surface area contributed by atoms with Crippen molar-refractivity contribution in [3.63, 3.8) is 0 Å². The molecule has 0 saturated heterocycles. The Bertz CT molecular complexity index is 944. The van der Waals surface area contributed by atoms with Gasteiger partial charge >= 0.3 is 0 Å². The molecule has 3 rings (SSSR count). The number of amides is 1. The Morgan fingerprint density at radius 3 is 2.70 bits per heavy atom. The van der Waals surface area contributed by atoms with E-state index in [-0.39, 0.29) is 5.91 Å². The smallest absolute Gasteiger partial charge is 0.251 e. The molecule has 0 saturated carbocycles. The maximum Gasteiger partial charge on any atom is 0.251 e. The van der Waals surface area contributed by atoms with Crippen molar-refractivity contribution in [3.05, 3.63) is 84.4 Å². The van der Waals surface area contributed by atoms with Crippen LogP contribution in [0.2, 0.25) is 0 Å². The van der Waals surface area contributed by atoms with Crippen LogP contribution in [0.1, 0.15) is 15.9 Å². The van der Waals surface area contributed by atoms with Crippen LogP contribution in [0.4, 0.5) is 0 Å². The summed E-state index contributed by atoms with van der Waals surface area (Å²) in [6.07, 6.45) is 2.44. The third kappa shape index (κ3) is 4.47. The summed E-state index contributed by atoms with van der Waals surface area (Å²) in [6, 6.07) is 19.4. The average molecular weight is 361 g/mol. The van der Waals surface area contributed by atoms with Gasteiger partial charge in [0.15, 0.2) is 0 Å². The number of benzene rings is 3. The average Bonchev–Trinajstić information content (AvgIpc) is 2.71. The molecular weight excluding hydrogens is 338 g/mol. The molecular formula is C23H23NO3. The zero-order chi connectivity index (χ0) is 19.1. The van der Waals surface area contributed by atoms with Crippen molar-refractivity contribution in [2.24, 2.45) is 0 Å². The number of hydrogen-bond donors (Lipinski definition) is 1. The molecule has 0 heterocycles. The van der Waals surface area contributed by atoms with Crippen molar-refractivity contribution < 1.29 is 14.3 Å². The standard InChI is InChI=1S/C23H23NO3/c1-3-7-18-16-19(12-13-21(18)26-2)23(25)24-14-15-27-22-11-6-9-17-8-4-5-10-20(17)22/h3-6,8-13,16H,1,7,14-15H2,2H3,(H,24,25). The lowest BCUT2D eigenvalue weighted by Crippen LogP contribution is -2.28. The van der Waals surface area contributed by atoms with E-state index in [1.54, 1.807) is 25.3 Å². The number of nitrogens with one attached hydrogen (secondary N) is 1. The van der Waals surface area contributed by atoms with Gasteiger partial charge in [0.2, 0.25) is 0 Å². The second-order valence-corrected chi connectivity index (χ2v) is 6.10. The number of fused-ring (bicyclic) bond motifs is 1. The molecule has 0 aliphatic carbocycles. The lowest BCUT2D eigenvalue weighted by Gasteiger charge is -2.11. The fraction of sp³-hybridized carbons (Fsp3) is 0.174. The highest BCUT2D eigenvalue weighted by atomic mass is 16.5. The van der Waals surface area contributed by atoms with Crippen LogP contribution in [-0.2, 0) is 6.42 Å². The normalized spacial score (nSPS) is 10.4. The van der Waals surface area contributed by atoms with E-state index < -0.39 is 0 Å². The Morgan fingerprint density at radius 1 is 1.07 bits per heavy atom. The molecule has 0 unspecified atom stereocenters. The molecule has 4 heteroatoms. The molecule has 0 spiro atoms. The Kier molecular flexibility index (Phi) is 6.10. The number of hydrogen-bond acceptors (Lipinski definition) is 3. The third-order valence-electron chi connectivity index (χ3n) is 4.30. The van der Waals surface area contributed by atoms with E-state index in [1.807, 2.05) is 36.4 Å². The molecule has 138 valence electrons. The first-order valence-electron chi connectivity index (χ1n) is 8.89. The summed E-state index contributed by atoms with van der Waals surface area (Å²) >= 11 is 0. The SMILES string of the molecule is C=CCc1cc(C(=O)NCCOc2cccc3ccccc23)ccc1OC. The van der Waals surface area contributed by atoms with E-state index >= 15 is 0 Å². The van der Waals surface area contributed by atoms with Crippen LogP contribution in [0.3, 0.4) is 0 Å². The molecule has 0 fully saturated rings. The van der Waals surface area contributed by atoms with Gasteiger partial charge in [-0.05, 0) is 41.6 Å². The van der Waals surface area contributed by atoms with Crippen LogP contribution in [0, 0.1) is 0 Å². The first-order chi connectivity index (χ1) is 13.2. The van der Waals surface area contributed by atoms with E-state index in [2.05, 4.69) is 24.0 Å². The predicted molar refractivity (Wildman–Crippen MR) is 109 cm³/mol. The fourth-order valence-corrected chi connectivity index (χ4v) is 2.98. The predicted octanol–water partition coefficient (Wildman–Crippen LogP) is 4.39. The lowest BCUT2D eigenvalue weighted by atomic mass is 10.1. The van der Waals surface area contributed by atoms with Gasteiger partial charge in [-0.3, -0.25) is 4.79 Å². The highest BCUT2D eigenvalue weighted by molar-refractivity contribution is 5.94. The fourth-order valence-electron chi connectivity index (χ4n) is 2.98. The van der Waals surface area contributed by atoms with Crippen LogP contribution in [0.25, 0.3) is 10.8 Å². The minimum Gasteiger partial charge on any atom is -0.496 e. The molecule has 0 atom stereocenters. The van der Waals surface area contributed by atoms with Crippen molar-refractivity contribution in [2.75, 3.05) is 20.3 Å². The van der Waals surface area contributed by atoms with Crippen LogP contribution in [0.5, 0.6) is 11.5 Å². The molecule has 0 aromatic heterocycles. The number of allylic oxidation sites excluding steroid dienone is 1. The first kappa shape index (κ1) is 18.5. The maximum absolute atomic E-state index is 12.4. The van der Waals surface area contributed by atoms with Crippen LogP contribution >= 0.6 is 0 Å². The second kappa shape index (κ2) is 8.90. The van der Waals surface area contributed by atoms with Crippen molar-refractivity contribution in [1.82, 2.24) is 5.32 Å². The van der Waals surface area contributed by atoms with Crippen molar-refractivity contribution >= 4 is 16.7 Å². The van der Waals surface area contributed by atoms with E-state index in [9.17, 15) is 4.79 Å². The second-order valence-electron chi connectivity index (χ2n) is 6.10. The third-order valence-corrected chi connectivity index (χ3v) is 4.30. The summed E-state index contributed by atoms with van der Waals surface area (Å²) in [6.45, 7) is 4.56. The summed E-state index contributed by atoms with van der Waals surface area (Å²) in [5.74, 6) is 1.44. The summed E-state index contributed by atoms with van der Waals surface area (Å²) in [5, 5.41) is 5.09. The van der Waals surface area contributed by atoms with E-state index in [1.165, 1.54) is 0 Å². The van der Waals surface area contributed by atoms with Gasteiger partial charge in [0, 0.05) is 10.9 Å². The van der Waals surface area contributed by atoms with Gasteiger partial charge in [0.05, 0.1) is 13.7 Å². The highest BCUT2D eigenvalue weighted by Crippen LogP contribution is 2.25. The molecule has 3 aromatic rings. The van der Waals surface area contributed by atoms with E-state index in [4.69, 9.17) is 9.47 Å². The van der Waals surface area contributed by atoms with Gasteiger partial charge in [-0.2, -0.15) is 0 Å². The molecule has 1 N–H and O–H groups in total. The number of rotatable bonds is 8.